The lowest BCUT2D eigenvalue weighted by molar-refractivity contribution is -0.123. The van der Waals surface area contributed by atoms with E-state index in [0.29, 0.717) is 33.0 Å². The molecule has 6 rings (SSSR count). The van der Waals surface area contributed by atoms with Crippen molar-refractivity contribution in [3.05, 3.63) is 92.9 Å². The topological polar surface area (TPSA) is 83.5 Å². The second-order valence-corrected chi connectivity index (χ2v) is 11.9. The van der Waals surface area contributed by atoms with Crippen LogP contribution < -0.4 is 5.32 Å². The van der Waals surface area contributed by atoms with Crippen molar-refractivity contribution >= 4 is 41.0 Å². The van der Waals surface area contributed by atoms with Crippen molar-refractivity contribution < 1.29 is 19.1 Å². The fourth-order valence-electron chi connectivity index (χ4n) is 6.19. The molecule has 1 saturated heterocycles. The first kappa shape index (κ1) is 26.9. The number of urea groups is 1. The quantitative estimate of drug-likeness (QED) is 0.470. The Morgan fingerprint density at radius 3 is 2.42 bits per heavy atom. The molecule has 3 heterocycles. The second-order valence-electron chi connectivity index (χ2n) is 11.0. The number of rotatable bonds is 5. The molecule has 2 unspecified atom stereocenters. The maximum absolute atomic E-state index is 14.5. The lowest BCUT2D eigenvalue weighted by atomic mass is 9.71. The van der Waals surface area contributed by atoms with Crippen LogP contribution in [0.2, 0.25) is 10.0 Å². The molecule has 40 heavy (non-hydrogen) atoms. The molecule has 0 bridgehead atoms. The van der Waals surface area contributed by atoms with Gasteiger partial charge in [0.1, 0.15) is 35.2 Å². The maximum atomic E-state index is 14.5. The van der Waals surface area contributed by atoms with Gasteiger partial charge in [-0.2, -0.15) is 0 Å². The van der Waals surface area contributed by atoms with Crippen molar-refractivity contribution in [2.75, 3.05) is 13.7 Å². The van der Waals surface area contributed by atoms with Gasteiger partial charge < -0.3 is 14.8 Å². The standard InChI is InChI=1S/C30H30Cl2N4O4/c1-16(2)40-21-14-29(3,39-5)25-26-30(21,4)27-34-23(17-10-12-18(31)13-11-17)24(19-8-6-7-9-20(19)32)36(27)28(38)35(26)15-22(37)33-25/h6-14,16,23-24H,15H2,1-5H3,(H,33,37)/t23-,24+,29?,30?/m1/s1. The van der Waals surface area contributed by atoms with E-state index >= 15 is 0 Å². The Balaban J connectivity index is 1.64. The summed E-state index contributed by atoms with van der Waals surface area (Å²) < 4.78 is 12.4. The number of amidine groups is 1. The van der Waals surface area contributed by atoms with E-state index in [2.05, 4.69) is 5.32 Å². The predicted octanol–water partition coefficient (Wildman–Crippen LogP) is 6.00. The number of fused-ring (bicyclic) bond motifs is 2. The summed E-state index contributed by atoms with van der Waals surface area (Å²) in [7, 11) is 1.57. The van der Waals surface area contributed by atoms with Crippen molar-refractivity contribution in [1.29, 1.82) is 0 Å². The molecule has 2 aromatic rings. The Morgan fingerprint density at radius 1 is 1.07 bits per heavy atom. The van der Waals surface area contributed by atoms with Gasteiger partial charge in [0, 0.05) is 17.2 Å². The fourth-order valence-corrected chi connectivity index (χ4v) is 6.57. The van der Waals surface area contributed by atoms with E-state index in [1.165, 1.54) is 4.90 Å². The summed E-state index contributed by atoms with van der Waals surface area (Å²) in [5.41, 5.74) is 0.685. The van der Waals surface area contributed by atoms with Gasteiger partial charge in [0.25, 0.3) is 0 Å². The van der Waals surface area contributed by atoms with Crippen LogP contribution in [0.25, 0.3) is 0 Å². The Bertz CT molecular complexity index is 1520. The molecular weight excluding hydrogens is 551 g/mol. The van der Waals surface area contributed by atoms with Crippen LogP contribution in [0.15, 0.2) is 76.8 Å². The first-order valence-corrected chi connectivity index (χ1v) is 13.9. The van der Waals surface area contributed by atoms with Crippen LogP contribution in [0.4, 0.5) is 4.79 Å². The highest BCUT2D eigenvalue weighted by atomic mass is 35.5. The van der Waals surface area contributed by atoms with Crippen molar-refractivity contribution in [1.82, 2.24) is 15.1 Å². The van der Waals surface area contributed by atoms with E-state index in [1.807, 2.05) is 76.2 Å². The van der Waals surface area contributed by atoms with Crippen LogP contribution in [0.1, 0.15) is 50.9 Å². The normalized spacial score (nSPS) is 29.2. The van der Waals surface area contributed by atoms with E-state index < -0.39 is 23.1 Å². The average molecular weight is 582 g/mol. The van der Waals surface area contributed by atoms with E-state index in [0.717, 1.165) is 11.1 Å². The van der Waals surface area contributed by atoms with E-state index in [9.17, 15) is 9.59 Å². The van der Waals surface area contributed by atoms with Gasteiger partial charge in [0.2, 0.25) is 5.91 Å². The molecule has 8 nitrogen and oxygen atoms in total. The van der Waals surface area contributed by atoms with Crippen LogP contribution in [0, 0.1) is 5.41 Å². The number of halogens is 2. The van der Waals surface area contributed by atoms with Crippen molar-refractivity contribution in [2.45, 2.75) is 51.5 Å². The molecule has 0 spiro atoms. The van der Waals surface area contributed by atoms with Gasteiger partial charge in [-0.1, -0.05) is 53.5 Å². The number of carbonyl (C=O) groups excluding carboxylic acids is 2. The molecule has 1 N–H and O–H groups in total. The molecule has 4 aliphatic rings. The maximum Gasteiger partial charge on any atom is 0.330 e. The third-order valence-electron chi connectivity index (χ3n) is 8.12. The Kier molecular flexibility index (Phi) is 6.29. The van der Waals surface area contributed by atoms with Crippen molar-refractivity contribution in [3.8, 4) is 0 Å². The number of carbonyl (C=O) groups is 2. The summed E-state index contributed by atoms with van der Waals surface area (Å²) in [5, 5.41) is 4.12. The summed E-state index contributed by atoms with van der Waals surface area (Å²) in [6, 6.07) is 13.5. The monoisotopic (exact) mass is 580 g/mol. The summed E-state index contributed by atoms with van der Waals surface area (Å²) >= 11 is 13.0. The number of aliphatic imine (C=N–C) groups is 1. The number of methoxy groups -OCH3 is 1. The second kappa shape index (κ2) is 9.36. The number of nitrogens with zero attached hydrogens (tertiary/aromatic N) is 3. The molecule has 0 saturated carbocycles. The highest BCUT2D eigenvalue weighted by Gasteiger charge is 2.63. The number of amides is 3. The van der Waals surface area contributed by atoms with Gasteiger partial charge in [-0.05, 0) is 63.1 Å². The van der Waals surface area contributed by atoms with Gasteiger partial charge in [0.15, 0.2) is 0 Å². The molecule has 0 aromatic heterocycles. The molecule has 4 atom stereocenters. The van der Waals surface area contributed by atoms with E-state index in [-0.39, 0.29) is 24.6 Å². The SMILES string of the molecule is COC1(C)C=C(OC(C)C)C2(C)C3=N[C@H](c4ccc(Cl)cc4)[C@H](c4ccccc4Cl)N3C(=O)N3CC(=O)NC1=C32. The highest BCUT2D eigenvalue weighted by Crippen LogP contribution is 2.58. The molecular formula is C30H30Cl2N4O4. The Labute approximate surface area is 243 Å². The average Bonchev–Trinajstić information content (AvgIpc) is 3.32. The molecule has 10 heteroatoms. The minimum Gasteiger partial charge on any atom is -0.494 e. The first-order chi connectivity index (χ1) is 19.0. The summed E-state index contributed by atoms with van der Waals surface area (Å²) in [6.45, 7) is 7.58. The number of benzene rings is 2. The van der Waals surface area contributed by atoms with Gasteiger partial charge >= 0.3 is 6.03 Å². The zero-order chi connectivity index (χ0) is 28.6. The van der Waals surface area contributed by atoms with E-state index in [1.54, 1.807) is 18.1 Å². The number of nitrogens with one attached hydrogen (secondary N) is 1. The summed E-state index contributed by atoms with van der Waals surface area (Å²) in [5.74, 6) is 0.812. The van der Waals surface area contributed by atoms with Gasteiger partial charge in [-0.3, -0.25) is 19.6 Å². The zero-order valence-corrected chi connectivity index (χ0v) is 24.4. The molecule has 0 radical (unpaired) electrons. The minimum absolute atomic E-state index is 0.146. The van der Waals surface area contributed by atoms with Crippen LogP contribution in [-0.4, -0.2) is 52.9 Å². The van der Waals surface area contributed by atoms with Crippen LogP contribution >= 0.6 is 23.2 Å². The van der Waals surface area contributed by atoms with Crippen LogP contribution in [-0.2, 0) is 14.3 Å². The Hall–Kier alpha value is -3.33. The summed E-state index contributed by atoms with van der Waals surface area (Å²) in [6.07, 6.45) is 1.71. The molecule has 1 fully saturated rings. The van der Waals surface area contributed by atoms with Crippen molar-refractivity contribution in [3.63, 3.8) is 0 Å². The highest BCUT2D eigenvalue weighted by molar-refractivity contribution is 6.31. The number of hydrogen-bond donors (Lipinski definition) is 1. The minimum atomic E-state index is -1.03. The lowest BCUT2D eigenvalue weighted by Crippen LogP contribution is -2.66. The number of hydrogen-bond acceptors (Lipinski definition) is 5. The van der Waals surface area contributed by atoms with Crippen LogP contribution in [0.5, 0.6) is 0 Å². The van der Waals surface area contributed by atoms with E-state index in [4.69, 9.17) is 37.7 Å². The smallest absolute Gasteiger partial charge is 0.330 e. The van der Waals surface area contributed by atoms with Gasteiger partial charge in [-0.25, -0.2) is 4.79 Å². The molecule has 3 amide bonds. The van der Waals surface area contributed by atoms with Gasteiger partial charge in [0.05, 0.1) is 23.5 Å². The third-order valence-corrected chi connectivity index (χ3v) is 8.71. The third kappa shape index (κ3) is 3.80. The van der Waals surface area contributed by atoms with Crippen LogP contribution in [0.3, 0.4) is 0 Å². The zero-order valence-electron chi connectivity index (χ0n) is 22.9. The lowest BCUT2D eigenvalue weighted by Gasteiger charge is -2.54. The molecule has 208 valence electrons. The predicted molar refractivity (Wildman–Crippen MR) is 153 cm³/mol. The Morgan fingerprint density at radius 2 is 1.77 bits per heavy atom. The molecule has 2 aromatic carbocycles. The molecule has 3 aliphatic heterocycles. The van der Waals surface area contributed by atoms with Gasteiger partial charge in [-0.15, -0.1) is 0 Å². The largest absolute Gasteiger partial charge is 0.494 e. The molecule has 1 aliphatic carbocycles. The number of ether oxygens (including phenoxy) is 2. The van der Waals surface area contributed by atoms with Crippen molar-refractivity contribution in [2.24, 2.45) is 10.4 Å². The first-order valence-electron chi connectivity index (χ1n) is 13.2. The summed E-state index contributed by atoms with van der Waals surface area (Å²) in [4.78, 5) is 36.0. The fraction of sp³-hybridized carbons (Fsp3) is 0.367.